The lowest BCUT2D eigenvalue weighted by Crippen LogP contribution is -2.18. The third-order valence-electron chi connectivity index (χ3n) is 3.79. The van der Waals surface area contributed by atoms with Crippen LogP contribution in [0.2, 0.25) is 0 Å². The highest BCUT2D eigenvalue weighted by molar-refractivity contribution is 8.00. The fourth-order valence-corrected chi connectivity index (χ4v) is 3.98. The Morgan fingerprint density at radius 3 is 2.58 bits per heavy atom. The van der Waals surface area contributed by atoms with Crippen LogP contribution in [0.15, 0.2) is 41.1 Å². The number of thioether (sulfide) groups is 1. The minimum absolute atomic E-state index is 0.0355. The molecular formula is C19H17F3N4O3S2. The number of nitrogens with one attached hydrogen (secondary N) is 2. The van der Waals surface area contributed by atoms with Gasteiger partial charge in [0.1, 0.15) is 5.76 Å². The first-order valence-corrected chi connectivity index (χ1v) is 10.9. The second-order valence-corrected chi connectivity index (χ2v) is 8.52. The lowest BCUT2D eigenvalue weighted by atomic mass is 10.1. The van der Waals surface area contributed by atoms with E-state index in [0.717, 1.165) is 23.9 Å². The van der Waals surface area contributed by atoms with Crippen LogP contribution in [0, 0.1) is 6.92 Å². The molecule has 2 aromatic heterocycles. The molecule has 3 rings (SSSR count). The van der Waals surface area contributed by atoms with Crippen LogP contribution in [0.25, 0.3) is 0 Å². The number of halogens is 3. The fourth-order valence-electron chi connectivity index (χ4n) is 2.50. The highest BCUT2D eigenvalue weighted by atomic mass is 32.2. The van der Waals surface area contributed by atoms with E-state index in [4.69, 9.17) is 4.52 Å². The van der Waals surface area contributed by atoms with Crippen LogP contribution in [0.1, 0.15) is 21.8 Å². The van der Waals surface area contributed by atoms with Crippen LogP contribution >= 0.6 is 23.1 Å². The van der Waals surface area contributed by atoms with E-state index in [1.807, 2.05) is 0 Å². The Morgan fingerprint density at radius 1 is 1.16 bits per heavy atom. The summed E-state index contributed by atoms with van der Waals surface area (Å²) >= 11 is 2.30. The number of benzene rings is 1. The quantitative estimate of drug-likeness (QED) is 0.508. The maximum atomic E-state index is 12.8. The number of alkyl halides is 3. The number of rotatable bonds is 8. The Labute approximate surface area is 183 Å². The van der Waals surface area contributed by atoms with Crippen molar-refractivity contribution in [2.45, 2.75) is 19.5 Å². The number of carbonyl (C=O) groups is 2. The van der Waals surface area contributed by atoms with Crippen LogP contribution in [-0.2, 0) is 22.2 Å². The van der Waals surface area contributed by atoms with E-state index in [-0.39, 0.29) is 29.7 Å². The molecule has 0 saturated heterocycles. The first-order chi connectivity index (χ1) is 14.7. The van der Waals surface area contributed by atoms with Gasteiger partial charge in [0.05, 0.1) is 17.1 Å². The summed E-state index contributed by atoms with van der Waals surface area (Å²) in [6, 6.07) is 6.66. The standard InChI is InChI=1S/C19H17F3N4O3S2/c1-11-5-15(26-29-11)24-16(27)9-30-10-17(28)25-18-23-8-14(31-18)7-12-3-2-4-13(6-12)19(20,21)22/h2-6,8H,7,9-10H2,1H3,(H,23,25,28)(H,24,26,27). The number of carbonyl (C=O) groups excluding carboxylic acids is 2. The highest BCUT2D eigenvalue weighted by Crippen LogP contribution is 2.30. The topological polar surface area (TPSA) is 97.1 Å². The van der Waals surface area contributed by atoms with Crippen molar-refractivity contribution in [1.29, 1.82) is 0 Å². The summed E-state index contributed by atoms with van der Waals surface area (Å²) in [5.41, 5.74) is -0.206. The summed E-state index contributed by atoms with van der Waals surface area (Å²) in [4.78, 5) is 28.6. The summed E-state index contributed by atoms with van der Waals surface area (Å²) in [7, 11) is 0. The average Bonchev–Trinajstić information content (AvgIpc) is 3.29. The molecule has 0 bridgehead atoms. The Hall–Kier alpha value is -2.86. The summed E-state index contributed by atoms with van der Waals surface area (Å²) in [5, 5.41) is 9.16. The third kappa shape index (κ3) is 7.10. The molecule has 2 heterocycles. The second kappa shape index (κ2) is 9.96. The lowest BCUT2D eigenvalue weighted by molar-refractivity contribution is -0.137. The summed E-state index contributed by atoms with van der Waals surface area (Å²) in [5.74, 6) is 0.312. The van der Waals surface area contributed by atoms with E-state index < -0.39 is 11.7 Å². The number of aryl methyl sites for hydroxylation is 1. The third-order valence-corrected chi connectivity index (χ3v) is 5.64. The Balaban J connectivity index is 1.44. The highest BCUT2D eigenvalue weighted by Gasteiger charge is 2.30. The zero-order chi connectivity index (χ0) is 22.4. The van der Waals surface area contributed by atoms with E-state index in [1.54, 1.807) is 19.1 Å². The predicted molar refractivity (Wildman–Crippen MR) is 112 cm³/mol. The molecule has 0 atom stereocenters. The lowest BCUT2D eigenvalue weighted by Gasteiger charge is -2.07. The largest absolute Gasteiger partial charge is 0.416 e. The Morgan fingerprint density at radius 2 is 1.90 bits per heavy atom. The van der Waals surface area contributed by atoms with Crippen molar-refractivity contribution >= 4 is 45.9 Å². The molecule has 2 N–H and O–H groups in total. The van der Waals surface area contributed by atoms with Gasteiger partial charge < -0.3 is 15.2 Å². The number of hydrogen-bond donors (Lipinski definition) is 2. The molecule has 0 fully saturated rings. The molecule has 164 valence electrons. The van der Waals surface area contributed by atoms with E-state index in [1.165, 1.54) is 23.6 Å². The maximum absolute atomic E-state index is 12.8. The molecule has 0 radical (unpaired) electrons. The summed E-state index contributed by atoms with van der Waals surface area (Å²) in [6.07, 6.45) is -2.61. The zero-order valence-electron chi connectivity index (χ0n) is 16.2. The van der Waals surface area contributed by atoms with Crippen molar-refractivity contribution in [3.63, 3.8) is 0 Å². The van der Waals surface area contributed by atoms with Gasteiger partial charge in [-0.3, -0.25) is 9.59 Å². The molecule has 0 spiro atoms. The minimum Gasteiger partial charge on any atom is -0.360 e. The van der Waals surface area contributed by atoms with E-state index in [9.17, 15) is 22.8 Å². The van der Waals surface area contributed by atoms with Crippen molar-refractivity contribution in [1.82, 2.24) is 10.1 Å². The van der Waals surface area contributed by atoms with Crippen LogP contribution in [0.5, 0.6) is 0 Å². The Bertz CT molecular complexity index is 1070. The van der Waals surface area contributed by atoms with Gasteiger partial charge in [0.2, 0.25) is 11.8 Å². The maximum Gasteiger partial charge on any atom is 0.416 e. The zero-order valence-corrected chi connectivity index (χ0v) is 17.8. The van der Waals surface area contributed by atoms with Crippen molar-refractivity contribution < 1.29 is 27.3 Å². The van der Waals surface area contributed by atoms with E-state index in [0.29, 0.717) is 27.2 Å². The van der Waals surface area contributed by atoms with Gasteiger partial charge in [0.25, 0.3) is 0 Å². The molecule has 7 nitrogen and oxygen atoms in total. The number of aromatic nitrogens is 2. The first-order valence-electron chi connectivity index (χ1n) is 8.90. The SMILES string of the molecule is Cc1cc(NC(=O)CSCC(=O)Nc2ncc(Cc3cccc(C(F)(F)F)c3)s2)no1. The molecule has 3 aromatic rings. The molecule has 0 unspecified atom stereocenters. The van der Waals surface area contributed by atoms with Gasteiger partial charge in [-0.05, 0) is 18.6 Å². The molecule has 31 heavy (non-hydrogen) atoms. The van der Waals surface area contributed by atoms with Crippen molar-refractivity contribution in [2.24, 2.45) is 0 Å². The van der Waals surface area contributed by atoms with Gasteiger partial charge in [0.15, 0.2) is 10.9 Å². The molecule has 2 amide bonds. The smallest absolute Gasteiger partial charge is 0.360 e. The monoisotopic (exact) mass is 470 g/mol. The van der Waals surface area contributed by atoms with Gasteiger partial charge in [-0.15, -0.1) is 23.1 Å². The average molecular weight is 470 g/mol. The second-order valence-electron chi connectivity index (χ2n) is 6.42. The fraction of sp³-hybridized carbons (Fsp3) is 0.263. The van der Waals surface area contributed by atoms with Crippen LogP contribution in [-0.4, -0.2) is 33.5 Å². The van der Waals surface area contributed by atoms with Crippen molar-refractivity contribution in [3.05, 3.63) is 58.3 Å². The first kappa shape index (κ1) is 22.8. The predicted octanol–water partition coefficient (Wildman–Crippen LogP) is 4.36. The van der Waals surface area contributed by atoms with E-state index >= 15 is 0 Å². The summed E-state index contributed by atoms with van der Waals surface area (Å²) in [6.45, 7) is 1.70. The summed E-state index contributed by atoms with van der Waals surface area (Å²) < 4.78 is 43.3. The number of nitrogens with zero attached hydrogens (tertiary/aromatic N) is 2. The Kier molecular flexibility index (Phi) is 7.33. The molecule has 0 aliphatic carbocycles. The van der Waals surface area contributed by atoms with Crippen LogP contribution < -0.4 is 10.6 Å². The van der Waals surface area contributed by atoms with Crippen LogP contribution in [0.4, 0.5) is 24.1 Å². The number of hydrogen-bond acceptors (Lipinski definition) is 7. The normalized spacial score (nSPS) is 11.4. The number of thiazole rings is 1. The van der Waals surface area contributed by atoms with Crippen molar-refractivity contribution in [2.75, 3.05) is 22.1 Å². The molecular weight excluding hydrogens is 453 g/mol. The van der Waals surface area contributed by atoms with E-state index in [2.05, 4.69) is 20.8 Å². The minimum atomic E-state index is -4.40. The van der Waals surface area contributed by atoms with Gasteiger partial charge >= 0.3 is 6.18 Å². The number of anilines is 2. The molecule has 0 aliphatic rings. The van der Waals surface area contributed by atoms with Gasteiger partial charge in [0, 0.05) is 23.6 Å². The van der Waals surface area contributed by atoms with Crippen LogP contribution in [0.3, 0.4) is 0 Å². The molecule has 1 aromatic carbocycles. The number of amides is 2. The van der Waals surface area contributed by atoms with Gasteiger partial charge in [-0.1, -0.05) is 23.4 Å². The van der Waals surface area contributed by atoms with Gasteiger partial charge in [-0.25, -0.2) is 4.98 Å². The van der Waals surface area contributed by atoms with Crippen molar-refractivity contribution in [3.8, 4) is 0 Å². The molecule has 0 aliphatic heterocycles. The molecule has 0 saturated carbocycles. The molecule has 12 heteroatoms. The van der Waals surface area contributed by atoms with Gasteiger partial charge in [-0.2, -0.15) is 13.2 Å².